The topological polar surface area (TPSA) is 43.4 Å². The molecule has 1 saturated carbocycles. The molecular weight excluding hydrogens is 252 g/mol. The molecule has 0 N–H and O–H groups in total. The van der Waals surface area contributed by atoms with Crippen molar-refractivity contribution in [1.82, 2.24) is 0 Å². The molecule has 0 heterocycles. The SMILES string of the molecule is CCC(=O)OCCCCC(C=O)C1CCCC(C)(C)C1. The first-order valence-electron chi connectivity index (χ1n) is 8.09. The van der Waals surface area contributed by atoms with Crippen LogP contribution in [0.3, 0.4) is 0 Å². The summed E-state index contributed by atoms with van der Waals surface area (Å²) in [5, 5.41) is 0. The highest BCUT2D eigenvalue weighted by molar-refractivity contribution is 5.68. The quantitative estimate of drug-likeness (QED) is 0.382. The number of esters is 1. The fourth-order valence-electron chi connectivity index (χ4n) is 3.31. The number of aldehydes is 1. The summed E-state index contributed by atoms with van der Waals surface area (Å²) in [7, 11) is 0. The van der Waals surface area contributed by atoms with Gasteiger partial charge in [0.1, 0.15) is 6.29 Å². The lowest BCUT2D eigenvalue weighted by Gasteiger charge is -2.37. The number of carbonyl (C=O) groups is 2. The van der Waals surface area contributed by atoms with Crippen LogP contribution in [0, 0.1) is 17.3 Å². The summed E-state index contributed by atoms with van der Waals surface area (Å²) in [6.45, 7) is 6.92. The van der Waals surface area contributed by atoms with Crippen molar-refractivity contribution in [3.8, 4) is 0 Å². The van der Waals surface area contributed by atoms with Crippen LogP contribution in [-0.2, 0) is 14.3 Å². The van der Waals surface area contributed by atoms with Crippen LogP contribution < -0.4 is 0 Å². The molecule has 20 heavy (non-hydrogen) atoms. The lowest BCUT2D eigenvalue weighted by molar-refractivity contribution is -0.143. The van der Waals surface area contributed by atoms with E-state index in [1.165, 1.54) is 25.7 Å². The Hall–Kier alpha value is -0.860. The molecule has 1 rings (SSSR count). The maximum absolute atomic E-state index is 11.3. The molecule has 3 nitrogen and oxygen atoms in total. The smallest absolute Gasteiger partial charge is 0.305 e. The third kappa shape index (κ3) is 6.06. The van der Waals surface area contributed by atoms with Crippen molar-refractivity contribution >= 4 is 12.3 Å². The molecule has 0 aromatic heterocycles. The van der Waals surface area contributed by atoms with Gasteiger partial charge in [-0.2, -0.15) is 0 Å². The van der Waals surface area contributed by atoms with Crippen molar-refractivity contribution in [3.63, 3.8) is 0 Å². The second-order valence-electron chi connectivity index (χ2n) is 6.89. The van der Waals surface area contributed by atoms with Gasteiger partial charge in [0.2, 0.25) is 0 Å². The largest absolute Gasteiger partial charge is 0.466 e. The molecule has 3 heteroatoms. The van der Waals surface area contributed by atoms with Gasteiger partial charge in [-0.15, -0.1) is 0 Å². The van der Waals surface area contributed by atoms with Gasteiger partial charge in [0.15, 0.2) is 0 Å². The predicted octanol–water partition coefficient (Wildman–Crippen LogP) is 4.14. The zero-order chi connectivity index (χ0) is 15.0. The van der Waals surface area contributed by atoms with Crippen LogP contribution in [0.2, 0.25) is 0 Å². The van der Waals surface area contributed by atoms with Crippen LogP contribution in [0.25, 0.3) is 0 Å². The zero-order valence-corrected chi connectivity index (χ0v) is 13.3. The van der Waals surface area contributed by atoms with Crippen molar-refractivity contribution in [3.05, 3.63) is 0 Å². The van der Waals surface area contributed by atoms with Gasteiger partial charge in [-0.25, -0.2) is 0 Å². The van der Waals surface area contributed by atoms with E-state index in [1.54, 1.807) is 6.92 Å². The Kier molecular flexibility index (Phi) is 7.25. The summed E-state index contributed by atoms with van der Waals surface area (Å²) in [5.74, 6) is 0.608. The third-order valence-corrected chi connectivity index (χ3v) is 4.51. The van der Waals surface area contributed by atoms with Gasteiger partial charge in [0.25, 0.3) is 0 Å². The average molecular weight is 282 g/mol. The van der Waals surface area contributed by atoms with E-state index in [0.29, 0.717) is 24.4 Å². The van der Waals surface area contributed by atoms with Gasteiger partial charge in [-0.1, -0.05) is 27.2 Å². The fourth-order valence-corrected chi connectivity index (χ4v) is 3.31. The molecule has 2 unspecified atom stereocenters. The third-order valence-electron chi connectivity index (χ3n) is 4.51. The summed E-state index contributed by atoms with van der Waals surface area (Å²) in [6, 6.07) is 0. The molecule has 0 saturated heterocycles. The molecule has 116 valence electrons. The highest BCUT2D eigenvalue weighted by atomic mass is 16.5. The lowest BCUT2D eigenvalue weighted by atomic mass is 9.68. The number of unbranched alkanes of at least 4 members (excludes halogenated alkanes) is 1. The molecule has 1 aliphatic rings. The second-order valence-corrected chi connectivity index (χ2v) is 6.89. The number of hydrogen-bond donors (Lipinski definition) is 0. The molecule has 0 amide bonds. The molecule has 0 bridgehead atoms. The van der Waals surface area contributed by atoms with Crippen molar-refractivity contribution in [2.45, 2.75) is 72.1 Å². The summed E-state index contributed by atoms with van der Waals surface area (Å²) >= 11 is 0. The van der Waals surface area contributed by atoms with E-state index in [4.69, 9.17) is 4.74 Å². The number of rotatable bonds is 8. The van der Waals surface area contributed by atoms with E-state index in [1.807, 2.05) is 0 Å². The highest BCUT2D eigenvalue weighted by Gasteiger charge is 2.32. The molecule has 0 aromatic carbocycles. The molecule has 0 spiro atoms. The Balaban J connectivity index is 2.25. The van der Waals surface area contributed by atoms with Crippen LogP contribution in [0.5, 0.6) is 0 Å². The van der Waals surface area contributed by atoms with Gasteiger partial charge >= 0.3 is 5.97 Å². The zero-order valence-electron chi connectivity index (χ0n) is 13.3. The van der Waals surface area contributed by atoms with Crippen LogP contribution in [-0.4, -0.2) is 18.9 Å². The van der Waals surface area contributed by atoms with Crippen molar-refractivity contribution < 1.29 is 14.3 Å². The Labute approximate surface area is 123 Å². The van der Waals surface area contributed by atoms with E-state index in [2.05, 4.69) is 13.8 Å². The van der Waals surface area contributed by atoms with Crippen molar-refractivity contribution in [2.75, 3.05) is 6.61 Å². The first-order valence-corrected chi connectivity index (χ1v) is 8.09. The van der Waals surface area contributed by atoms with E-state index >= 15 is 0 Å². The molecular formula is C17H30O3. The fraction of sp³-hybridized carbons (Fsp3) is 0.882. The Morgan fingerprint density at radius 1 is 1.40 bits per heavy atom. The molecule has 0 aromatic rings. The minimum atomic E-state index is -0.133. The second kappa shape index (κ2) is 8.43. The normalized spacial score (nSPS) is 23.1. The lowest BCUT2D eigenvalue weighted by Crippen LogP contribution is -2.28. The van der Waals surface area contributed by atoms with Crippen molar-refractivity contribution in [2.24, 2.45) is 17.3 Å². The van der Waals surface area contributed by atoms with Crippen molar-refractivity contribution in [1.29, 1.82) is 0 Å². The van der Waals surface area contributed by atoms with E-state index in [0.717, 1.165) is 25.5 Å². The molecule has 0 radical (unpaired) electrons. The summed E-state index contributed by atoms with van der Waals surface area (Å²) < 4.78 is 5.06. The Bertz CT molecular complexity index is 309. The number of ether oxygens (including phenoxy) is 1. The molecule has 1 fully saturated rings. The van der Waals surface area contributed by atoms with Crippen LogP contribution in [0.4, 0.5) is 0 Å². The summed E-state index contributed by atoms with van der Waals surface area (Å²) in [4.78, 5) is 22.4. The van der Waals surface area contributed by atoms with Gasteiger partial charge in [0.05, 0.1) is 6.61 Å². The summed E-state index contributed by atoms with van der Waals surface area (Å²) in [6.07, 6.45) is 9.26. The summed E-state index contributed by atoms with van der Waals surface area (Å²) in [5.41, 5.74) is 0.390. The molecule has 2 atom stereocenters. The van der Waals surface area contributed by atoms with E-state index in [-0.39, 0.29) is 11.9 Å². The Morgan fingerprint density at radius 3 is 2.75 bits per heavy atom. The van der Waals surface area contributed by atoms with Gasteiger partial charge in [-0.05, 0) is 49.9 Å². The minimum absolute atomic E-state index is 0.133. The number of carbonyl (C=O) groups excluding carboxylic acids is 2. The van der Waals surface area contributed by atoms with Gasteiger partial charge in [-0.3, -0.25) is 4.79 Å². The van der Waals surface area contributed by atoms with Gasteiger partial charge < -0.3 is 9.53 Å². The minimum Gasteiger partial charge on any atom is -0.466 e. The predicted molar refractivity (Wildman–Crippen MR) is 80.4 cm³/mol. The van der Waals surface area contributed by atoms with Crippen LogP contribution in [0.1, 0.15) is 72.1 Å². The standard InChI is InChI=1S/C17H30O3/c1-4-16(19)20-11-6-5-8-15(13-18)14-9-7-10-17(2,3)12-14/h13-15H,4-12H2,1-3H3. The highest BCUT2D eigenvalue weighted by Crippen LogP contribution is 2.42. The Morgan fingerprint density at radius 2 is 2.15 bits per heavy atom. The average Bonchev–Trinajstić information content (AvgIpc) is 2.41. The van der Waals surface area contributed by atoms with Crippen LogP contribution in [0.15, 0.2) is 0 Å². The monoisotopic (exact) mass is 282 g/mol. The maximum atomic E-state index is 11.3. The maximum Gasteiger partial charge on any atom is 0.305 e. The number of hydrogen-bond acceptors (Lipinski definition) is 3. The molecule has 0 aliphatic heterocycles. The molecule has 1 aliphatic carbocycles. The van der Waals surface area contributed by atoms with E-state index < -0.39 is 0 Å². The van der Waals surface area contributed by atoms with E-state index in [9.17, 15) is 9.59 Å². The van der Waals surface area contributed by atoms with Gasteiger partial charge in [0, 0.05) is 12.3 Å². The first kappa shape index (κ1) is 17.2. The first-order chi connectivity index (χ1) is 9.48. The van der Waals surface area contributed by atoms with Crippen LogP contribution >= 0.6 is 0 Å².